The monoisotopic (exact) mass is 324 g/mol. The van der Waals surface area contributed by atoms with Crippen molar-refractivity contribution in [3.8, 4) is 17.0 Å². The maximum atomic E-state index is 13.0. The molecule has 1 atom stereocenters. The van der Waals surface area contributed by atoms with Crippen molar-refractivity contribution in [2.75, 3.05) is 7.05 Å². The van der Waals surface area contributed by atoms with Gasteiger partial charge >= 0.3 is 0 Å². The Balaban J connectivity index is 1.94. The van der Waals surface area contributed by atoms with Crippen molar-refractivity contribution in [2.45, 2.75) is 31.4 Å². The van der Waals surface area contributed by atoms with E-state index in [1.165, 1.54) is 4.90 Å². The van der Waals surface area contributed by atoms with Gasteiger partial charge in [0.25, 0.3) is 5.91 Å². The average molecular weight is 324 g/mol. The SMILES string of the molecule is CN1C(=O)C2(CC(C)(C)Oc3ccc(-c4ccc[nH]4)cc32)N=C1N. The Kier molecular flexibility index (Phi) is 2.85. The summed E-state index contributed by atoms with van der Waals surface area (Å²) in [6.07, 6.45) is 2.32. The maximum Gasteiger partial charge on any atom is 0.261 e. The Morgan fingerprint density at radius 2 is 2.12 bits per heavy atom. The van der Waals surface area contributed by atoms with Crippen LogP contribution in [0.25, 0.3) is 11.3 Å². The number of aliphatic imine (C=N–C) groups is 1. The van der Waals surface area contributed by atoms with Crippen LogP contribution < -0.4 is 10.5 Å². The molecule has 1 amide bonds. The first-order chi connectivity index (χ1) is 11.3. The second-order valence-electron chi connectivity index (χ2n) is 7.03. The molecule has 0 bridgehead atoms. The lowest BCUT2D eigenvalue weighted by molar-refractivity contribution is -0.133. The number of hydrogen-bond donors (Lipinski definition) is 2. The van der Waals surface area contributed by atoms with Gasteiger partial charge in [-0.3, -0.25) is 9.69 Å². The highest BCUT2D eigenvalue weighted by Crippen LogP contribution is 2.49. The van der Waals surface area contributed by atoms with Gasteiger partial charge in [-0.05, 0) is 49.7 Å². The number of ether oxygens (including phenoxy) is 1. The van der Waals surface area contributed by atoms with Gasteiger partial charge in [0.15, 0.2) is 11.5 Å². The normalized spacial score (nSPS) is 24.7. The van der Waals surface area contributed by atoms with Crippen molar-refractivity contribution in [2.24, 2.45) is 10.7 Å². The van der Waals surface area contributed by atoms with Crippen molar-refractivity contribution in [1.82, 2.24) is 9.88 Å². The van der Waals surface area contributed by atoms with Crippen molar-refractivity contribution in [3.63, 3.8) is 0 Å². The summed E-state index contributed by atoms with van der Waals surface area (Å²) in [4.78, 5) is 22.2. The molecule has 2 aliphatic heterocycles. The van der Waals surface area contributed by atoms with Gasteiger partial charge in [-0.1, -0.05) is 0 Å². The Labute approximate surface area is 140 Å². The minimum absolute atomic E-state index is 0.110. The van der Waals surface area contributed by atoms with Crippen molar-refractivity contribution in [1.29, 1.82) is 0 Å². The number of fused-ring (bicyclic) bond motifs is 2. The standard InChI is InChI=1S/C18H20N4O2/c1-17(2)10-18(15(23)22(3)16(19)21-18)12-9-11(6-7-14(12)24-17)13-5-4-8-20-13/h4-9,20H,10H2,1-3H3,(H2,19,21). The van der Waals surface area contributed by atoms with Gasteiger partial charge < -0.3 is 15.5 Å². The molecule has 124 valence electrons. The third-order valence-corrected chi connectivity index (χ3v) is 4.71. The molecule has 1 aromatic heterocycles. The zero-order valence-corrected chi connectivity index (χ0v) is 14.0. The molecule has 0 saturated heterocycles. The number of guanidine groups is 1. The van der Waals surface area contributed by atoms with Gasteiger partial charge in [-0.25, -0.2) is 4.99 Å². The van der Waals surface area contributed by atoms with Crippen LogP contribution in [0.5, 0.6) is 5.75 Å². The first-order valence-electron chi connectivity index (χ1n) is 7.93. The number of nitrogens with two attached hydrogens (primary N) is 1. The molecule has 1 unspecified atom stereocenters. The van der Waals surface area contributed by atoms with E-state index >= 15 is 0 Å². The van der Waals surface area contributed by atoms with E-state index in [0.717, 1.165) is 16.8 Å². The smallest absolute Gasteiger partial charge is 0.261 e. The molecule has 0 radical (unpaired) electrons. The quantitative estimate of drug-likeness (QED) is 0.843. The molecule has 2 aliphatic rings. The van der Waals surface area contributed by atoms with E-state index in [1.807, 2.05) is 50.4 Å². The number of carbonyl (C=O) groups is 1. The zero-order chi connectivity index (χ0) is 17.1. The molecule has 2 aromatic rings. The summed E-state index contributed by atoms with van der Waals surface area (Å²) < 4.78 is 6.11. The minimum atomic E-state index is -1.02. The Morgan fingerprint density at radius 3 is 2.75 bits per heavy atom. The molecule has 0 fully saturated rings. The highest BCUT2D eigenvalue weighted by Gasteiger charge is 2.55. The number of amides is 1. The zero-order valence-electron chi connectivity index (χ0n) is 14.0. The first kappa shape index (κ1) is 14.8. The molecule has 3 N–H and O–H groups in total. The van der Waals surface area contributed by atoms with E-state index in [-0.39, 0.29) is 11.9 Å². The van der Waals surface area contributed by atoms with Crippen LogP contribution in [-0.2, 0) is 10.3 Å². The van der Waals surface area contributed by atoms with E-state index in [2.05, 4.69) is 9.98 Å². The van der Waals surface area contributed by atoms with Crippen LogP contribution in [0.15, 0.2) is 41.5 Å². The minimum Gasteiger partial charge on any atom is -0.487 e. The largest absolute Gasteiger partial charge is 0.487 e. The number of aromatic nitrogens is 1. The fourth-order valence-corrected chi connectivity index (χ4v) is 3.66. The number of nitrogens with one attached hydrogen (secondary N) is 1. The molecule has 6 nitrogen and oxygen atoms in total. The van der Waals surface area contributed by atoms with Gasteiger partial charge in [0.2, 0.25) is 0 Å². The number of H-pyrrole nitrogens is 1. The number of aromatic amines is 1. The predicted molar refractivity (Wildman–Crippen MR) is 91.6 cm³/mol. The molecular formula is C18H20N4O2. The summed E-state index contributed by atoms with van der Waals surface area (Å²) in [7, 11) is 1.66. The first-order valence-corrected chi connectivity index (χ1v) is 7.93. The number of benzene rings is 1. The fourth-order valence-electron chi connectivity index (χ4n) is 3.66. The van der Waals surface area contributed by atoms with Gasteiger partial charge in [0.1, 0.15) is 11.4 Å². The second-order valence-corrected chi connectivity index (χ2v) is 7.03. The van der Waals surface area contributed by atoms with Crippen molar-refractivity contribution in [3.05, 3.63) is 42.1 Å². The van der Waals surface area contributed by atoms with E-state index in [1.54, 1.807) is 7.05 Å². The van der Waals surface area contributed by atoms with Gasteiger partial charge in [-0.2, -0.15) is 0 Å². The lowest BCUT2D eigenvalue weighted by Gasteiger charge is -2.41. The summed E-state index contributed by atoms with van der Waals surface area (Å²) >= 11 is 0. The molecule has 4 rings (SSSR count). The summed E-state index contributed by atoms with van der Waals surface area (Å²) in [6.45, 7) is 3.93. The highest BCUT2D eigenvalue weighted by atomic mass is 16.5. The van der Waals surface area contributed by atoms with Crippen LogP contribution in [0.1, 0.15) is 25.8 Å². The van der Waals surface area contributed by atoms with Crippen LogP contribution in [0.4, 0.5) is 0 Å². The third kappa shape index (κ3) is 1.95. The number of likely N-dealkylation sites (N-methyl/N-ethyl adjacent to an activating group) is 1. The van der Waals surface area contributed by atoms with Crippen LogP contribution in [0, 0.1) is 0 Å². The molecular weight excluding hydrogens is 304 g/mol. The molecule has 6 heteroatoms. The molecule has 1 spiro atoms. The molecule has 24 heavy (non-hydrogen) atoms. The van der Waals surface area contributed by atoms with Gasteiger partial charge in [0, 0.05) is 30.9 Å². The van der Waals surface area contributed by atoms with Gasteiger partial charge in [-0.15, -0.1) is 0 Å². The van der Waals surface area contributed by atoms with E-state index in [0.29, 0.717) is 12.2 Å². The third-order valence-electron chi connectivity index (χ3n) is 4.71. The van der Waals surface area contributed by atoms with E-state index < -0.39 is 11.1 Å². The lowest BCUT2D eigenvalue weighted by atomic mass is 9.77. The summed E-state index contributed by atoms with van der Waals surface area (Å²) in [5, 5.41) is 0. The van der Waals surface area contributed by atoms with Crippen LogP contribution in [0.2, 0.25) is 0 Å². The summed E-state index contributed by atoms with van der Waals surface area (Å²) in [5.74, 6) is 0.817. The van der Waals surface area contributed by atoms with E-state index in [9.17, 15) is 4.79 Å². The number of nitrogens with zero attached hydrogens (tertiary/aromatic N) is 2. The molecule has 0 aliphatic carbocycles. The summed E-state index contributed by atoms with van der Waals surface area (Å²) in [6, 6.07) is 9.79. The second kappa shape index (κ2) is 4.63. The Hall–Kier alpha value is -2.76. The van der Waals surface area contributed by atoms with Crippen LogP contribution in [-0.4, -0.2) is 34.4 Å². The number of carbonyl (C=O) groups excluding carboxylic acids is 1. The molecule has 3 heterocycles. The number of hydrogen-bond acceptors (Lipinski definition) is 4. The van der Waals surface area contributed by atoms with Crippen molar-refractivity contribution < 1.29 is 9.53 Å². The maximum absolute atomic E-state index is 13.0. The summed E-state index contributed by atoms with van der Waals surface area (Å²) in [5.41, 5.74) is 7.17. The molecule has 1 aromatic carbocycles. The lowest BCUT2D eigenvalue weighted by Crippen LogP contribution is -2.49. The van der Waals surface area contributed by atoms with E-state index in [4.69, 9.17) is 10.5 Å². The van der Waals surface area contributed by atoms with Gasteiger partial charge in [0.05, 0.1) is 0 Å². The highest BCUT2D eigenvalue weighted by molar-refractivity contribution is 6.07. The number of rotatable bonds is 1. The Morgan fingerprint density at radius 1 is 1.33 bits per heavy atom. The fraction of sp³-hybridized carbons (Fsp3) is 0.333. The topological polar surface area (TPSA) is 83.7 Å². The van der Waals surface area contributed by atoms with Crippen LogP contribution >= 0.6 is 0 Å². The Bertz CT molecular complexity index is 854. The molecule has 0 saturated carbocycles. The van der Waals surface area contributed by atoms with Crippen molar-refractivity contribution >= 4 is 11.9 Å². The van der Waals surface area contributed by atoms with Crippen LogP contribution in [0.3, 0.4) is 0 Å². The predicted octanol–water partition coefficient (Wildman–Crippen LogP) is 2.22. The average Bonchev–Trinajstić information content (AvgIpc) is 3.12.